The van der Waals surface area contributed by atoms with Gasteiger partial charge in [-0.3, -0.25) is 18.6 Å². The number of phosphoric ester groups is 1. The minimum absolute atomic E-state index is 0.0397. The lowest BCUT2D eigenvalue weighted by Gasteiger charge is -2.41. The summed E-state index contributed by atoms with van der Waals surface area (Å²) in [6.45, 7) is 3.18. The Balaban J connectivity index is 2.51. The summed E-state index contributed by atoms with van der Waals surface area (Å²) in [5, 5.41) is 50.2. The molecule has 1 aliphatic rings. The first kappa shape index (κ1) is 58.3. The van der Waals surface area contributed by atoms with E-state index in [2.05, 4.69) is 68.5 Å². The Morgan fingerprint density at radius 2 is 0.889 bits per heavy atom. The van der Waals surface area contributed by atoms with Crippen LogP contribution in [-0.2, 0) is 32.7 Å². The van der Waals surface area contributed by atoms with Crippen LogP contribution in [0.5, 0.6) is 0 Å². The van der Waals surface area contributed by atoms with Gasteiger partial charge in [0.05, 0.1) is 6.61 Å². The van der Waals surface area contributed by atoms with E-state index in [1.807, 2.05) is 18.2 Å². The van der Waals surface area contributed by atoms with Crippen molar-refractivity contribution in [1.82, 2.24) is 0 Å². The second-order valence-corrected chi connectivity index (χ2v) is 17.7. The van der Waals surface area contributed by atoms with E-state index in [-0.39, 0.29) is 12.8 Å². The van der Waals surface area contributed by atoms with Crippen molar-refractivity contribution in [3.63, 3.8) is 0 Å². The van der Waals surface area contributed by atoms with Gasteiger partial charge in [-0.25, -0.2) is 4.57 Å². The minimum atomic E-state index is -5.14. The fraction of sp³-hybridized carbons (Fsp3) is 0.714. The van der Waals surface area contributed by atoms with Gasteiger partial charge in [-0.05, 0) is 77.0 Å². The lowest BCUT2D eigenvalue weighted by Crippen LogP contribution is -2.64. The second kappa shape index (κ2) is 38.5. The van der Waals surface area contributed by atoms with Crippen LogP contribution in [0.15, 0.2) is 72.9 Å². The molecule has 6 unspecified atom stereocenters. The molecule has 1 rings (SSSR count). The van der Waals surface area contributed by atoms with Crippen molar-refractivity contribution in [3.05, 3.63) is 72.9 Å². The second-order valence-electron chi connectivity index (χ2n) is 16.3. The third-order valence-corrected chi connectivity index (χ3v) is 11.5. The van der Waals surface area contributed by atoms with E-state index in [1.54, 1.807) is 0 Å². The van der Waals surface area contributed by atoms with Gasteiger partial charge in [-0.15, -0.1) is 0 Å². The van der Waals surface area contributed by atoms with Crippen molar-refractivity contribution in [2.24, 2.45) is 0 Å². The molecule has 0 amide bonds. The number of ether oxygens (including phenoxy) is 2. The Hall–Kier alpha value is -2.71. The van der Waals surface area contributed by atoms with Crippen LogP contribution in [-0.4, -0.2) is 98.3 Å². The highest BCUT2D eigenvalue weighted by Crippen LogP contribution is 2.47. The molecular weight excluding hydrogens is 827 g/mol. The largest absolute Gasteiger partial charge is 0.472 e. The maximum atomic E-state index is 12.8. The number of unbranched alkanes of at least 4 members (excludes halogenated alkanes) is 14. The first-order chi connectivity index (χ1) is 30.4. The van der Waals surface area contributed by atoms with Crippen LogP contribution in [0, 0.1) is 0 Å². The molecule has 362 valence electrons. The van der Waals surface area contributed by atoms with E-state index in [4.69, 9.17) is 18.5 Å². The Morgan fingerprint density at radius 3 is 1.41 bits per heavy atom. The third kappa shape index (κ3) is 31.0. The van der Waals surface area contributed by atoms with Crippen molar-refractivity contribution >= 4 is 19.8 Å². The van der Waals surface area contributed by atoms with Crippen molar-refractivity contribution in [2.45, 2.75) is 211 Å². The van der Waals surface area contributed by atoms with E-state index in [9.17, 15) is 44.6 Å². The van der Waals surface area contributed by atoms with Gasteiger partial charge in [-0.1, -0.05) is 151 Å². The van der Waals surface area contributed by atoms with Crippen LogP contribution in [0.1, 0.15) is 168 Å². The maximum absolute atomic E-state index is 12.8. The van der Waals surface area contributed by atoms with E-state index in [0.29, 0.717) is 19.3 Å². The zero-order chi connectivity index (χ0) is 46.4. The molecule has 1 aliphatic carbocycles. The van der Waals surface area contributed by atoms with Crippen LogP contribution in [0.25, 0.3) is 0 Å². The molecule has 0 aromatic rings. The Morgan fingerprint density at radius 1 is 0.492 bits per heavy atom. The fourth-order valence-electron chi connectivity index (χ4n) is 6.68. The molecule has 8 atom stereocenters. The number of esters is 2. The predicted molar refractivity (Wildman–Crippen MR) is 249 cm³/mol. The highest BCUT2D eigenvalue weighted by molar-refractivity contribution is 7.47. The molecule has 0 aromatic carbocycles. The van der Waals surface area contributed by atoms with E-state index in [1.165, 1.54) is 44.9 Å². The molecular formula is C49H83O13P. The lowest BCUT2D eigenvalue weighted by molar-refractivity contribution is -0.220. The highest BCUT2D eigenvalue weighted by atomic mass is 31.2. The van der Waals surface area contributed by atoms with Gasteiger partial charge in [0.15, 0.2) is 6.10 Å². The summed E-state index contributed by atoms with van der Waals surface area (Å²) in [7, 11) is -5.14. The average molecular weight is 911 g/mol. The molecule has 63 heavy (non-hydrogen) atoms. The van der Waals surface area contributed by atoms with Crippen LogP contribution < -0.4 is 0 Å². The van der Waals surface area contributed by atoms with E-state index in [0.717, 1.165) is 77.0 Å². The zero-order valence-corrected chi connectivity index (χ0v) is 39.2. The minimum Gasteiger partial charge on any atom is -0.462 e. The molecule has 1 fully saturated rings. The summed E-state index contributed by atoms with van der Waals surface area (Å²) in [6.07, 6.45) is 35.3. The Kier molecular flexibility index (Phi) is 35.7. The Labute approximate surface area is 378 Å². The average Bonchev–Trinajstić information content (AvgIpc) is 3.26. The summed E-state index contributed by atoms with van der Waals surface area (Å²) < 4.78 is 33.5. The van der Waals surface area contributed by atoms with Crippen LogP contribution in [0.4, 0.5) is 0 Å². The number of hydrogen-bond donors (Lipinski definition) is 6. The number of hydrogen-bond acceptors (Lipinski definition) is 12. The number of phosphoric acid groups is 1. The number of aliphatic hydroxyl groups excluding tert-OH is 5. The molecule has 0 saturated heterocycles. The normalized spacial score (nSPS) is 22.3. The molecule has 0 heterocycles. The van der Waals surface area contributed by atoms with Crippen molar-refractivity contribution in [1.29, 1.82) is 0 Å². The van der Waals surface area contributed by atoms with E-state index >= 15 is 0 Å². The zero-order valence-electron chi connectivity index (χ0n) is 38.3. The maximum Gasteiger partial charge on any atom is 0.472 e. The van der Waals surface area contributed by atoms with Crippen molar-refractivity contribution < 1.29 is 63.1 Å². The summed E-state index contributed by atoms with van der Waals surface area (Å²) >= 11 is 0. The summed E-state index contributed by atoms with van der Waals surface area (Å²) in [5.41, 5.74) is 0. The third-order valence-electron chi connectivity index (χ3n) is 10.5. The molecule has 0 aromatic heterocycles. The Bertz CT molecular complexity index is 1380. The number of aliphatic hydroxyl groups is 5. The monoisotopic (exact) mass is 911 g/mol. The quantitative estimate of drug-likeness (QED) is 0.0148. The molecule has 0 aliphatic heterocycles. The van der Waals surface area contributed by atoms with Gasteiger partial charge < -0.3 is 39.9 Å². The van der Waals surface area contributed by atoms with Crippen molar-refractivity contribution in [2.75, 3.05) is 13.2 Å². The van der Waals surface area contributed by atoms with Gasteiger partial charge in [0.25, 0.3) is 0 Å². The summed E-state index contributed by atoms with van der Waals surface area (Å²) in [6, 6.07) is 0. The first-order valence-corrected chi connectivity index (χ1v) is 25.2. The smallest absolute Gasteiger partial charge is 0.462 e. The predicted octanol–water partition coefficient (Wildman–Crippen LogP) is 9.50. The van der Waals surface area contributed by atoms with Gasteiger partial charge in [0, 0.05) is 12.8 Å². The molecule has 0 bridgehead atoms. The van der Waals surface area contributed by atoms with Gasteiger partial charge >= 0.3 is 19.8 Å². The van der Waals surface area contributed by atoms with Crippen molar-refractivity contribution in [3.8, 4) is 0 Å². The fourth-order valence-corrected chi connectivity index (χ4v) is 7.65. The SMILES string of the molecule is CCCCC/C=C/C/C=C/C/C=C/C/C=C/C/C=C/CCC(=O)OC[C@@H](COP(=O)(O)OC1C(O)C(O)C(O)[C@H](O)C1O)OC(=O)CCCCCCCCC/C=C/CCCCCC. The molecule has 14 heteroatoms. The molecule has 0 spiro atoms. The van der Waals surface area contributed by atoms with Gasteiger partial charge in [0.2, 0.25) is 0 Å². The number of allylic oxidation sites excluding steroid dienone is 12. The standard InChI is InChI=1S/C49H83O13P/c1-3-5-7-9-11-13-15-17-19-20-21-22-24-25-27-29-31-33-35-37-42(50)59-39-41(40-60-63(57,58)62-49-47(55)45(53)44(52)46(54)48(49)56)61-43(51)38-36-34-32-30-28-26-23-18-16-14-12-10-8-6-4-2/h11,13-14,16-17,19,21-22,25,27,31,33,41,44-49,52-56H,3-10,12,15,18,20,23-24,26,28-30,32,34-40H2,1-2H3,(H,57,58)/b13-11+,16-14+,19-17+,22-21+,27-25+,33-31+/t41-,44?,45-,46?,47?,48?,49?/m0/s1. The van der Waals surface area contributed by atoms with Crippen LogP contribution >= 0.6 is 7.82 Å². The van der Waals surface area contributed by atoms with E-state index < -0.39 is 75.7 Å². The molecule has 13 nitrogen and oxygen atoms in total. The van der Waals surface area contributed by atoms with Gasteiger partial charge in [-0.2, -0.15) is 0 Å². The lowest BCUT2D eigenvalue weighted by atomic mass is 9.85. The molecule has 6 N–H and O–H groups in total. The topological polar surface area (TPSA) is 210 Å². The number of carbonyl (C=O) groups excluding carboxylic acids is 2. The summed E-state index contributed by atoms with van der Waals surface area (Å²) in [5.74, 6) is -1.21. The van der Waals surface area contributed by atoms with Gasteiger partial charge in [0.1, 0.15) is 43.2 Å². The number of carbonyl (C=O) groups is 2. The highest BCUT2D eigenvalue weighted by Gasteiger charge is 2.51. The summed E-state index contributed by atoms with van der Waals surface area (Å²) in [4.78, 5) is 35.7. The molecule has 0 radical (unpaired) electrons. The number of rotatable bonds is 38. The van der Waals surface area contributed by atoms with Crippen LogP contribution in [0.3, 0.4) is 0 Å². The molecule has 1 saturated carbocycles. The van der Waals surface area contributed by atoms with Crippen LogP contribution in [0.2, 0.25) is 0 Å². The first-order valence-electron chi connectivity index (χ1n) is 23.7.